The maximum absolute atomic E-state index is 13.2. The average Bonchev–Trinajstić information content (AvgIpc) is 3.15. The minimum absolute atomic E-state index is 0.111. The van der Waals surface area contributed by atoms with Crippen LogP contribution in [0.2, 0.25) is 0 Å². The van der Waals surface area contributed by atoms with Crippen molar-refractivity contribution in [2.75, 3.05) is 28.8 Å². The van der Waals surface area contributed by atoms with Crippen molar-refractivity contribution in [3.63, 3.8) is 0 Å². The number of sulfonamides is 1. The number of ether oxygens (including phenoxy) is 1. The number of anilines is 2. The molecule has 1 spiro atoms. The van der Waals surface area contributed by atoms with Crippen LogP contribution in [0.3, 0.4) is 0 Å². The normalized spacial score (nSPS) is 20.4. The van der Waals surface area contributed by atoms with Crippen molar-refractivity contribution in [3.05, 3.63) is 48.7 Å². The van der Waals surface area contributed by atoms with Gasteiger partial charge < -0.3 is 9.64 Å². The van der Waals surface area contributed by atoms with E-state index in [0.717, 1.165) is 31.7 Å². The Morgan fingerprint density at radius 3 is 2.37 bits per heavy atom. The van der Waals surface area contributed by atoms with Crippen molar-refractivity contribution in [2.45, 2.75) is 62.6 Å². The number of hydrogen-bond acceptors (Lipinski definition) is 5. The molecule has 1 aliphatic heterocycles. The molecule has 7 heteroatoms. The topological polar surface area (TPSA) is 62.7 Å². The van der Waals surface area contributed by atoms with E-state index in [-0.39, 0.29) is 16.1 Å². The van der Waals surface area contributed by atoms with Gasteiger partial charge in [0.1, 0.15) is 10.7 Å². The molecule has 30 heavy (non-hydrogen) atoms. The number of benzene rings is 1. The van der Waals surface area contributed by atoms with Crippen molar-refractivity contribution in [3.8, 4) is 0 Å². The fourth-order valence-corrected chi connectivity index (χ4v) is 6.30. The lowest BCUT2D eigenvalue weighted by molar-refractivity contribution is -0.148. The van der Waals surface area contributed by atoms with Crippen LogP contribution in [0.1, 0.15) is 46.5 Å². The first-order valence-corrected chi connectivity index (χ1v) is 12.2. The summed E-state index contributed by atoms with van der Waals surface area (Å²) >= 11 is 0. The monoisotopic (exact) mass is 429 g/mol. The minimum Gasteiger partial charge on any atom is -0.365 e. The van der Waals surface area contributed by atoms with Gasteiger partial charge in [-0.25, -0.2) is 13.4 Å². The van der Waals surface area contributed by atoms with E-state index in [1.807, 2.05) is 31.2 Å². The summed E-state index contributed by atoms with van der Waals surface area (Å²) in [7, 11) is -3.67. The molecule has 0 radical (unpaired) electrons. The molecule has 0 amide bonds. The lowest BCUT2D eigenvalue weighted by atomic mass is 9.94. The Balaban J connectivity index is 1.59. The zero-order valence-electron chi connectivity index (χ0n) is 18.0. The fourth-order valence-electron chi connectivity index (χ4n) is 4.88. The van der Waals surface area contributed by atoms with Gasteiger partial charge in [-0.3, -0.25) is 4.31 Å². The van der Waals surface area contributed by atoms with E-state index in [4.69, 9.17) is 4.74 Å². The molecule has 0 N–H and O–H groups in total. The molecule has 1 saturated carbocycles. The molecule has 2 fully saturated rings. The summed E-state index contributed by atoms with van der Waals surface area (Å²) in [6.07, 6.45) is 6.02. The molecular formula is C23H31N3O3S. The largest absolute Gasteiger partial charge is 0.365 e. The van der Waals surface area contributed by atoms with E-state index < -0.39 is 10.0 Å². The van der Waals surface area contributed by atoms with E-state index in [1.54, 1.807) is 18.2 Å². The van der Waals surface area contributed by atoms with Gasteiger partial charge in [-0.05, 0) is 57.9 Å². The Labute approximate surface area is 179 Å². The van der Waals surface area contributed by atoms with E-state index >= 15 is 0 Å². The van der Waals surface area contributed by atoms with Gasteiger partial charge in [0.05, 0.1) is 16.9 Å². The molecule has 6 nitrogen and oxygen atoms in total. The smallest absolute Gasteiger partial charge is 0.265 e. The molecule has 2 aromatic rings. The highest BCUT2D eigenvalue weighted by molar-refractivity contribution is 7.92. The van der Waals surface area contributed by atoms with E-state index in [2.05, 4.69) is 23.7 Å². The van der Waals surface area contributed by atoms with Crippen LogP contribution in [0.4, 0.5) is 11.5 Å². The summed E-state index contributed by atoms with van der Waals surface area (Å²) < 4.78 is 34.3. The molecule has 1 aromatic carbocycles. The van der Waals surface area contributed by atoms with E-state index in [9.17, 15) is 8.42 Å². The molecule has 4 rings (SSSR count). The number of rotatable bonds is 5. The molecule has 0 atom stereocenters. The second kappa shape index (κ2) is 7.85. The van der Waals surface area contributed by atoms with Crippen LogP contribution in [0, 0.1) is 0 Å². The maximum Gasteiger partial charge on any atom is 0.265 e. The predicted molar refractivity (Wildman–Crippen MR) is 119 cm³/mol. The van der Waals surface area contributed by atoms with E-state index in [1.165, 1.54) is 23.3 Å². The first-order chi connectivity index (χ1) is 14.2. The molecular weight excluding hydrogens is 398 g/mol. The molecule has 0 bridgehead atoms. The van der Waals surface area contributed by atoms with Gasteiger partial charge in [0.25, 0.3) is 10.0 Å². The Hall–Kier alpha value is -2.12. The molecule has 2 aliphatic rings. The molecule has 1 saturated heterocycles. The third-order valence-electron chi connectivity index (χ3n) is 6.02. The number of nitrogens with zero attached hydrogens (tertiary/aromatic N) is 3. The Morgan fingerprint density at radius 1 is 1.07 bits per heavy atom. The van der Waals surface area contributed by atoms with Gasteiger partial charge in [-0.15, -0.1) is 0 Å². The van der Waals surface area contributed by atoms with Gasteiger partial charge in [-0.1, -0.05) is 31.0 Å². The quantitative estimate of drug-likeness (QED) is 0.712. The number of pyridine rings is 1. The van der Waals surface area contributed by atoms with Gasteiger partial charge in [0, 0.05) is 25.8 Å². The SMILES string of the molecule is CCN(c1ccccc1)S(=O)(=O)c1ccc(N2CC(C)(C)OC3(CCCC3)C2)nc1. The Morgan fingerprint density at radius 2 is 1.77 bits per heavy atom. The van der Waals surface area contributed by atoms with Crippen molar-refractivity contribution in [2.24, 2.45) is 0 Å². The first kappa shape index (κ1) is 21.1. The second-order valence-corrected chi connectivity index (χ2v) is 10.8. The molecule has 1 aromatic heterocycles. The summed E-state index contributed by atoms with van der Waals surface area (Å²) in [5.74, 6) is 0.805. The minimum atomic E-state index is -3.67. The average molecular weight is 430 g/mol. The van der Waals surface area contributed by atoms with Crippen molar-refractivity contribution >= 4 is 21.5 Å². The Bertz CT molecular complexity index is 969. The van der Waals surface area contributed by atoms with Crippen molar-refractivity contribution in [1.29, 1.82) is 0 Å². The standard InChI is InChI=1S/C23H31N3O3S/c1-4-26(19-10-6-5-7-11-19)30(27,28)20-12-13-21(24-16-20)25-17-22(2,3)29-23(18-25)14-8-9-15-23/h5-7,10-13,16H,4,8-9,14-15,17-18H2,1-3H3. The zero-order chi connectivity index (χ0) is 21.4. The second-order valence-electron chi connectivity index (χ2n) is 8.97. The van der Waals surface area contributed by atoms with Crippen LogP contribution >= 0.6 is 0 Å². The highest BCUT2D eigenvalue weighted by atomic mass is 32.2. The molecule has 162 valence electrons. The predicted octanol–water partition coefficient (Wildman–Crippen LogP) is 4.22. The molecule has 0 unspecified atom stereocenters. The van der Waals surface area contributed by atoms with Gasteiger partial charge in [-0.2, -0.15) is 0 Å². The molecule has 2 heterocycles. The van der Waals surface area contributed by atoms with Crippen LogP contribution in [0.25, 0.3) is 0 Å². The number of hydrogen-bond donors (Lipinski definition) is 0. The van der Waals surface area contributed by atoms with Crippen LogP contribution in [0.5, 0.6) is 0 Å². The van der Waals surface area contributed by atoms with Gasteiger partial charge in [0.2, 0.25) is 0 Å². The van der Waals surface area contributed by atoms with Crippen LogP contribution in [-0.4, -0.2) is 44.2 Å². The zero-order valence-corrected chi connectivity index (χ0v) is 18.9. The van der Waals surface area contributed by atoms with Crippen molar-refractivity contribution in [1.82, 2.24) is 4.98 Å². The number of para-hydroxylation sites is 1. The summed E-state index contributed by atoms with van der Waals surface area (Å²) in [6, 6.07) is 12.7. The highest BCUT2D eigenvalue weighted by Crippen LogP contribution is 2.41. The van der Waals surface area contributed by atoms with Crippen LogP contribution in [-0.2, 0) is 14.8 Å². The maximum atomic E-state index is 13.2. The molecule has 1 aliphatic carbocycles. The lowest BCUT2D eigenvalue weighted by Gasteiger charge is -2.49. The lowest BCUT2D eigenvalue weighted by Crippen LogP contribution is -2.59. The summed E-state index contributed by atoms with van der Waals surface area (Å²) in [5.41, 5.74) is 0.282. The van der Waals surface area contributed by atoms with E-state index in [0.29, 0.717) is 12.2 Å². The van der Waals surface area contributed by atoms with Gasteiger partial charge in [0.15, 0.2) is 0 Å². The number of morpholine rings is 1. The summed E-state index contributed by atoms with van der Waals surface area (Å²) in [5, 5.41) is 0. The van der Waals surface area contributed by atoms with Crippen molar-refractivity contribution < 1.29 is 13.2 Å². The fraction of sp³-hybridized carbons (Fsp3) is 0.522. The van der Waals surface area contributed by atoms with Gasteiger partial charge >= 0.3 is 0 Å². The Kier molecular flexibility index (Phi) is 5.53. The van der Waals surface area contributed by atoms with Crippen LogP contribution < -0.4 is 9.21 Å². The van der Waals surface area contributed by atoms with Crippen LogP contribution in [0.15, 0.2) is 53.6 Å². The third-order valence-corrected chi connectivity index (χ3v) is 7.91. The third kappa shape index (κ3) is 4.05. The summed E-state index contributed by atoms with van der Waals surface area (Å²) in [6.45, 7) is 7.98. The first-order valence-electron chi connectivity index (χ1n) is 10.7. The highest BCUT2D eigenvalue weighted by Gasteiger charge is 2.46. The number of aromatic nitrogens is 1. The summed E-state index contributed by atoms with van der Waals surface area (Å²) in [4.78, 5) is 7.02.